The van der Waals surface area contributed by atoms with Crippen LogP contribution in [0.1, 0.15) is 48.3 Å². The molecule has 1 unspecified atom stereocenters. The summed E-state index contributed by atoms with van der Waals surface area (Å²) in [6.45, 7) is 5.69. The number of hydrogen-bond donors (Lipinski definition) is 0. The molecule has 2 aliphatic rings. The molecule has 2 aliphatic heterocycles. The van der Waals surface area contributed by atoms with E-state index in [1.54, 1.807) is 30.2 Å². The molecule has 2 aromatic heterocycles. The summed E-state index contributed by atoms with van der Waals surface area (Å²) in [5, 5.41) is 8.82. The minimum absolute atomic E-state index is 0.0235. The van der Waals surface area contributed by atoms with Gasteiger partial charge in [-0.1, -0.05) is 17.4 Å². The van der Waals surface area contributed by atoms with Crippen molar-refractivity contribution in [1.29, 1.82) is 0 Å². The van der Waals surface area contributed by atoms with Crippen molar-refractivity contribution in [2.45, 2.75) is 46.4 Å². The van der Waals surface area contributed by atoms with Crippen molar-refractivity contribution in [3.63, 3.8) is 0 Å². The Balaban J connectivity index is 1.51. The molecule has 0 spiro atoms. The van der Waals surface area contributed by atoms with Crippen LogP contribution in [0.4, 0.5) is 8.78 Å². The second-order valence-corrected chi connectivity index (χ2v) is 11.3. The first kappa shape index (κ1) is 26.9. The van der Waals surface area contributed by atoms with E-state index < -0.39 is 47.4 Å². The molecule has 5 rings (SSSR count). The predicted octanol–water partition coefficient (Wildman–Crippen LogP) is 3.36. The van der Waals surface area contributed by atoms with Crippen LogP contribution >= 0.6 is 11.3 Å². The quantitative estimate of drug-likeness (QED) is 0.333. The number of carbonyl (C=O) groups excluding carboxylic acids is 2. The van der Waals surface area contributed by atoms with Gasteiger partial charge in [0.15, 0.2) is 16.9 Å². The highest BCUT2D eigenvalue weighted by Gasteiger charge is 2.38. The molecular weight excluding hydrogens is 534 g/mol. The monoisotopic (exact) mass is 560 g/mol. The standard InChI is InChI=1S/C26H26F2N4O6S/c1-26(2,3)25(35)38-13-37-22-20-24(34)32-7-4-8-36-19(32)12-31(20)11-16(21(22)33)23-30-29-18(39-23)9-14-5-6-15(27)10-17(14)28/h5-6,10-11,19H,4,7-9,12-13H2,1-3H3. The molecule has 1 aromatic carbocycles. The maximum Gasteiger partial charge on any atom is 0.314 e. The van der Waals surface area contributed by atoms with Gasteiger partial charge in [0.2, 0.25) is 18.0 Å². The van der Waals surface area contributed by atoms with E-state index in [2.05, 4.69) is 10.2 Å². The summed E-state index contributed by atoms with van der Waals surface area (Å²) < 4.78 is 45.6. The smallest absolute Gasteiger partial charge is 0.314 e. The number of ether oxygens (including phenoxy) is 3. The van der Waals surface area contributed by atoms with Crippen LogP contribution in [0.5, 0.6) is 5.75 Å². The van der Waals surface area contributed by atoms with E-state index in [1.165, 1.54) is 12.3 Å². The molecule has 0 N–H and O–H groups in total. The van der Waals surface area contributed by atoms with Crippen molar-refractivity contribution >= 4 is 23.2 Å². The third-order valence-corrected chi connectivity index (χ3v) is 7.27. The Hall–Kier alpha value is -3.71. The molecule has 13 heteroatoms. The van der Waals surface area contributed by atoms with Crippen LogP contribution in [0.25, 0.3) is 10.6 Å². The number of halogens is 2. The average Bonchev–Trinajstić information content (AvgIpc) is 3.34. The summed E-state index contributed by atoms with van der Waals surface area (Å²) in [4.78, 5) is 40.8. The highest BCUT2D eigenvalue weighted by Crippen LogP contribution is 2.31. The number of aromatic nitrogens is 3. The van der Waals surface area contributed by atoms with Gasteiger partial charge in [-0.3, -0.25) is 14.4 Å². The van der Waals surface area contributed by atoms with Gasteiger partial charge in [0.1, 0.15) is 16.6 Å². The maximum absolute atomic E-state index is 14.2. The molecule has 1 fully saturated rings. The molecule has 206 valence electrons. The fraction of sp³-hybridized carbons (Fsp3) is 0.423. The normalized spacial score (nSPS) is 17.0. The third-order valence-electron chi connectivity index (χ3n) is 6.32. The highest BCUT2D eigenvalue weighted by atomic mass is 32.1. The summed E-state index contributed by atoms with van der Waals surface area (Å²) in [6.07, 6.45) is 1.70. The molecule has 0 aliphatic carbocycles. The lowest BCUT2D eigenvalue weighted by Crippen LogP contribution is -2.53. The molecular formula is C26H26F2N4O6S. The minimum atomic E-state index is -0.791. The van der Waals surface area contributed by atoms with Gasteiger partial charge >= 0.3 is 5.97 Å². The Labute approximate surface area is 226 Å². The maximum atomic E-state index is 14.2. The first-order chi connectivity index (χ1) is 18.5. The molecule has 1 saturated heterocycles. The molecule has 39 heavy (non-hydrogen) atoms. The minimum Gasteiger partial charge on any atom is -0.451 e. The zero-order valence-corrected chi connectivity index (χ0v) is 22.3. The van der Waals surface area contributed by atoms with E-state index >= 15 is 0 Å². The van der Waals surface area contributed by atoms with E-state index in [4.69, 9.17) is 14.2 Å². The van der Waals surface area contributed by atoms with Gasteiger partial charge in [-0.25, -0.2) is 8.78 Å². The Bertz CT molecular complexity index is 1500. The van der Waals surface area contributed by atoms with E-state index in [1.807, 2.05) is 0 Å². The number of fused-ring (bicyclic) bond motifs is 2. The highest BCUT2D eigenvalue weighted by molar-refractivity contribution is 7.14. The van der Waals surface area contributed by atoms with Crippen LogP contribution in [0.3, 0.4) is 0 Å². The molecule has 0 saturated carbocycles. The SMILES string of the molecule is CC(C)(C)C(=O)OCOc1c2n(cc(-c3nnc(Cc4ccc(F)cc4F)s3)c1=O)CC1OCCCN1C2=O. The Morgan fingerprint density at radius 1 is 1.23 bits per heavy atom. The van der Waals surface area contributed by atoms with Crippen molar-refractivity contribution in [1.82, 2.24) is 19.7 Å². The van der Waals surface area contributed by atoms with Gasteiger partial charge in [0.25, 0.3) is 5.91 Å². The van der Waals surface area contributed by atoms with Crippen LogP contribution in [-0.2, 0) is 27.2 Å². The second kappa shape index (κ2) is 10.5. The Morgan fingerprint density at radius 2 is 2.03 bits per heavy atom. The largest absolute Gasteiger partial charge is 0.451 e. The molecule has 0 bridgehead atoms. The summed E-state index contributed by atoms with van der Waals surface area (Å²) in [5.41, 5.74) is -1.06. The van der Waals surface area contributed by atoms with Crippen molar-refractivity contribution in [2.75, 3.05) is 19.9 Å². The number of hydrogen-bond acceptors (Lipinski definition) is 9. The zero-order valence-electron chi connectivity index (χ0n) is 21.5. The van der Waals surface area contributed by atoms with Crippen LogP contribution in [-0.4, -0.2) is 57.7 Å². The lowest BCUT2D eigenvalue weighted by Gasteiger charge is -2.40. The van der Waals surface area contributed by atoms with E-state index in [0.717, 1.165) is 23.5 Å². The van der Waals surface area contributed by atoms with Crippen molar-refractivity contribution < 1.29 is 32.6 Å². The van der Waals surface area contributed by atoms with Gasteiger partial charge in [0.05, 0.1) is 24.1 Å². The first-order valence-electron chi connectivity index (χ1n) is 12.3. The van der Waals surface area contributed by atoms with Crippen molar-refractivity contribution in [2.24, 2.45) is 5.41 Å². The lowest BCUT2D eigenvalue weighted by molar-refractivity contribution is -0.159. The third kappa shape index (κ3) is 5.41. The average molecular weight is 561 g/mol. The number of amides is 1. The second-order valence-electron chi connectivity index (χ2n) is 10.2. The fourth-order valence-electron chi connectivity index (χ4n) is 4.29. The molecule has 1 atom stereocenters. The van der Waals surface area contributed by atoms with Gasteiger partial charge in [-0.2, -0.15) is 0 Å². The number of benzene rings is 1. The molecule has 1 amide bonds. The van der Waals surface area contributed by atoms with E-state index in [-0.39, 0.29) is 40.5 Å². The Morgan fingerprint density at radius 3 is 2.77 bits per heavy atom. The fourth-order valence-corrected chi connectivity index (χ4v) is 5.16. The first-order valence-corrected chi connectivity index (χ1v) is 13.1. The zero-order chi connectivity index (χ0) is 27.9. The summed E-state index contributed by atoms with van der Waals surface area (Å²) >= 11 is 1.06. The number of nitrogens with zero attached hydrogens (tertiary/aromatic N) is 4. The number of pyridine rings is 1. The van der Waals surface area contributed by atoms with E-state index in [9.17, 15) is 23.2 Å². The number of esters is 1. The van der Waals surface area contributed by atoms with Crippen LogP contribution in [0, 0.1) is 17.0 Å². The lowest BCUT2D eigenvalue weighted by atomic mass is 9.98. The number of rotatable bonds is 6. The summed E-state index contributed by atoms with van der Waals surface area (Å²) in [5.74, 6) is -2.64. The Kier molecular flexibility index (Phi) is 7.21. The van der Waals surface area contributed by atoms with Crippen LogP contribution in [0.2, 0.25) is 0 Å². The van der Waals surface area contributed by atoms with Gasteiger partial charge < -0.3 is 23.7 Å². The number of carbonyl (C=O) groups is 2. The topological polar surface area (TPSA) is 113 Å². The van der Waals surface area contributed by atoms with Crippen molar-refractivity contribution in [3.8, 4) is 16.3 Å². The van der Waals surface area contributed by atoms with Crippen LogP contribution in [0.15, 0.2) is 29.2 Å². The molecule has 3 aromatic rings. The molecule has 0 radical (unpaired) electrons. The van der Waals surface area contributed by atoms with Gasteiger partial charge in [-0.15, -0.1) is 10.2 Å². The van der Waals surface area contributed by atoms with Crippen LogP contribution < -0.4 is 10.2 Å². The van der Waals surface area contributed by atoms with Crippen molar-refractivity contribution in [3.05, 3.63) is 62.5 Å². The van der Waals surface area contributed by atoms with Gasteiger partial charge in [-0.05, 0) is 38.8 Å². The predicted molar refractivity (Wildman–Crippen MR) is 135 cm³/mol. The summed E-state index contributed by atoms with van der Waals surface area (Å²) in [6, 6.07) is 3.27. The molecule has 10 nitrogen and oxygen atoms in total. The molecule has 4 heterocycles. The van der Waals surface area contributed by atoms with Gasteiger partial charge in [0, 0.05) is 25.2 Å². The summed E-state index contributed by atoms with van der Waals surface area (Å²) in [7, 11) is 0. The van der Waals surface area contributed by atoms with E-state index in [0.29, 0.717) is 24.6 Å².